The van der Waals surface area contributed by atoms with E-state index in [1.54, 1.807) is 0 Å². The molecule has 2 rings (SSSR count). The molecule has 0 bridgehead atoms. The van der Waals surface area contributed by atoms with Crippen LogP contribution in [0, 0.1) is 0 Å². The summed E-state index contributed by atoms with van der Waals surface area (Å²) in [7, 11) is 0. The van der Waals surface area contributed by atoms with E-state index in [4.69, 9.17) is 17.3 Å². The molecule has 13 heavy (non-hydrogen) atoms. The zero-order valence-corrected chi connectivity index (χ0v) is 7.54. The summed E-state index contributed by atoms with van der Waals surface area (Å²) in [6, 6.07) is 0. The number of imidazole rings is 1. The molecule has 2 aromatic heterocycles. The first-order valence-corrected chi connectivity index (χ1v) is 4.24. The molecule has 0 saturated heterocycles. The van der Waals surface area contributed by atoms with Crippen molar-refractivity contribution in [2.75, 3.05) is 6.54 Å². The van der Waals surface area contributed by atoms with Crippen LogP contribution in [0.5, 0.6) is 0 Å². The van der Waals surface area contributed by atoms with Gasteiger partial charge in [-0.15, -0.1) is 0 Å². The van der Waals surface area contributed by atoms with Gasteiger partial charge < -0.3 is 10.7 Å². The van der Waals surface area contributed by atoms with Gasteiger partial charge in [-0.3, -0.25) is 0 Å². The highest BCUT2D eigenvalue weighted by atomic mass is 35.5. The van der Waals surface area contributed by atoms with E-state index in [9.17, 15) is 0 Å². The third kappa shape index (κ3) is 1.48. The minimum absolute atomic E-state index is 0.390. The van der Waals surface area contributed by atoms with Crippen LogP contribution in [-0.2, 0) is 6.42 Å². The maximum Gasteiger partial charge on any atom is 0.182 e. The van der Waals surface area contributed by atoms with Crippen LogP contribution in [-0.4, -0.2) is 26.5 Å². The van der Waals surface area contributed by atoms with Crippen LogP contribution in [0.4, 0.5) is 0 Å². The quantitative estimate of drug-likeness (QED) is 0.688. The Morgan fingerprint density at radius 3 is 3.00 bits per heavy atom. The Balaban J connectivity index is 2.55. The SMILES string of the molecule is NCCc1nc2ncnc(Cl)c2[nH]1. The molecule has 0 aliphatic heterocycles. The van der Waals surface area contributed by atoms with Crippen molar-refractivity contribution in [3.63, 3.8) is 0 Å². The van der Waals surface area contributed by atoms with Crippen molar-refractivity contribution in [1.82, 2.24) is 19.9 Å². The Hall–Kier alpha value is -1.20. The van der Waals surface area contributed by atoms with E-state index >= 15 is 0 Å². The van der Waals surface area contributed by atoms with Gasteiger partial charge in [0.1, 0.15) is 17.7 Å². The van der Waals surface area contributed by atoms with Crippen LogP contribution in [0.25, 0.3) is 11.2 Å². The topological polar surface area (TPSA) is 80.5 Å². The van der Waals surface area contributed by atoms with Gasteiger partial charge in [0.2, 0.25) is 0 Å². The first-order chi connectivity index (χ1) is 6.31. The number of rotatable bonds is 2. The molecule has 2 heterocycles. The second-order valence-corrected chi connectivity index (χ2v) is 2.94. The maximum atomic E-state index is 5.82. The fraction of sp³-hybridized carbons (Fsp3) is 0.286. The predicted molar refractivity (Wildman–Crippen MR) is 49.5 cm³/mol. The summed E-state index contributed by atoms with van der Waals surface area (Å²) in [6.07, 6.45) is 2.07. The Morgan fingerprint density at radius 1 is 1.46 bits per heavy atom. The lowest BCUT2D eigenvalue weighted by Gasteiger charge is -1.88. The van der Waals surface area contributed by atoms with Crippen LogP contribution in [0.3, 0.4) is 0 Å². The van der Waals surface area contributed by atoms with Crippen molar-refractivity contribution < 1.29 is 0 Å². The summed E-state index contributed by atoms with van der Waals surface area (Å²) < 4.78 is 0. The molecule has 5 nitrogen and oxygen atoms in total. The smallest absolute Gasteiger partial charge is 0.182 e. The highest BCUT2D eigenvalue weighted by molar-refractivity contribution is 6.33. The highest BCUT2D eigenvalue weighted by Crippen LogP contribution is 2.15. The van der Waals surface area contributed by atoms with Crippen LogP contribution < -0.4 is 5.73 Å². The molecular weight excluding hydrogens is 190 g/mol. The van der Waals surface area contributed by atoms with Crippen molar-refractivity contribution in [2.24, 2.45) is 5.73 Å². The van der Waals surface area contributed by atoms with Crippen molar-refractivity contribution >= 4 is 22.8 Å². The zero-order valence-electron chi connectivity index (χ0n) is 6.79. The number of nitrogens with two attached hydrogens (primary N) is 1. The minimum Gasteiger partial charge on any atom is -0.338 e. The van der Waals surface area contributed by atoms with Crippen LogP contribution in [0.15, 0.2) is 6.33 Å². The van der Waals surface area contributed by atoms with Crippen LogP contribution >= 0.6 is 11.6 Å². The largest absolute Gasteiger partial charge is 0.338 e. The average molecular weight is 198 g/mol. The summed E-state index contributed by atoms with van der Waals surface area (Å²) in [5, 5.41) is 0.390. The van der Waals surface area contributed by atoms with Crippen LogP contribution in [0.1, 0.15) is 5.82 Å². The standard InChI is InChI=1S/C7H8ClN5/c8-6-5-7(11-3-10-6)13-4(12-5)1-2-9/h3H,1-2,9H2,(H,10,11,12,13). The summed E-state index contributed by atoms with van der Waals surface area (Å²) in [6.45, 7) is 0.546. The molecule has 0 amide bonds. The number of aromatic nitrogens is 4. The lowest BCUT2D eigenvalue weighted by molar-refractivity contribution is 0.899. The summed E-state index contributed by atoms with van der Waals surface area (Å²) in [5.74, 6) is 0.792. The first-order valence-electron chi connectivity index (χ1n) is 3.86. The summed E-state index contributed by atoms with van der Waals surface area (Å²) in [5.41, 5.74) is 6.65. The van der Waals surface area contributed by atoms with E-state index in [0.717, 1.165) is 5.82 Å². The number of nitrogens with zero attached hydrogens (tertiary/aromatic N) is 3. The number of aromatic amines is 1. The van der Waals surface area contributed by atoms with Gasteiger partial charge in [0, 0.05) is 6.42 Å². The molecule has 3 N–H and O–H groups in total. The van der Waals surface area contributed by atoms with Crippen molar-refractivity contribution in [3.05, 3.63) is 17.3 Å². The van der Waals surface area contributed by atoms with Gasteiger partial charge in [-0.1, -0.05) is 11.6 Å². The van der Waals surface area contributed by atoms with E-state index in [0.29, 0.717) is 29.3 Å². The normalized spacial score (nSPS) is 10.9. The van der Waals surface area contributed by atoms with E-state index in [1.165, 1.54) is 6.33 Å². The van der Waals surface area contributed by atoms with Crippen molar-refractivity contribution in [3.8, 4) is 0 Å². The zero-order chi connectivity index (χ0) is 9.26. The van der Waals surface area contributed by atoms with Gasteiger partial charge >= 0.3 is 0 Å². The molecule has 0 unspecified atom stereocenters. The molecule has 0 radical (unpaired) electrons. The number of fused-ring (bicyclic) bond motifs is 1. The molecule has 2 aromatic rings. The second-order valence-electron chi connectivity index (χ2n) is 2.59. The molecule has 0 atom stereocenters. The monoisotopic (exact) mass is 197 g/mol. The second kappa shape index (κ2) is 3.27. The van der Waals surface area contributed by atoms with Gasteiger partial charge in [0.25, 0.3) is 0 Å². The van der Waals surface area contributed by atoms with E-state index in [-0.39, 0.29) is 0 Å². The Bertz CT molecular complexity index is 424. The number of hydrogen-bond donors (Lipinski definition) is 2. The third-order valence-electron chi connectivity index (χ3n) is 1.67. The molecule has 0 spiro atoms. The van der Waals surface area contributed by atoms with E-state index < -0.39 is 0 Å². The molecule has 0 aromatic carbocycles. The predicted octanol–water partition coefficient (Wildman–Crippen LogP) is 0.507. The van der Waals surface area contributed by atoms with E-state index in [2.05, 4.69) is 19.9 Å². The van der Waals surface area contributed by atoms with Crippen LogP contribution in [0.2, 0.25) is 5.15 Å². The van der Waals surface area contributed by atoms with Gasteiger partial charge in [-0.05, 0) is 6.54 Å². The Morgan fingerprint density at radius 2 is 2.31 bits per heavy atom. The molecular formula is C7H8ClN5. The van der Waals surface area contributed by atoms with E-state index in [1.807, 2.05) is 0 Å². The number of halogens is 1. The highest BCUT2D eigenvalue weighted by Gasteiger charge is 2.06. The minimum atomic E-state index is 0.390. The fourth-order valence-electron chi connectivity index (χ4n) is 1.10. The molecule has 68 valence electrons. The number of nitrogens with one attached hydrogen (secondary N) is 1. The van der Waals surface area contributed by atoms with Gasteiger partial charge in [-0.25, -0.2) is 15.0 Å². The molecule has 6 heteroatoms. The first kappa shape index (κ1) is 8.40. The summed E-state index contributed by atoms with van der Waals surface area (Å²) >= 11 is 5.82. The third-order valence-corrected chi connectivity index (χ3v) is 1.96. The molecule has 0 aliphatic carbocycles. The van der Waals surface area contributed by atoms with Crippen molar-refractivity contribution in [2.45, 2.75) is 6.42 Å². The fourth-order valence-corrected chi connectivity index (χ4v) is 1.28. The average Bonchev–Trinajstić information content (AvgIpc) is 2.49. The molecule has 0 aliphatic rings. The van der Waals surface area contributed by atoms with Gasteiger partial charge in [0.05, 0.1) is 0 Å². The van der Waals surface area contributed by atoms with Gasteiger partial charge in [-0.2, -0.15) is 0 Å². The molecule has 0 saturated carbocycles. The lowest BCUT2D eigenvalue weighted by atomic mass is 10.4. The van der Waals surface area contributed by atoms with Gasteiger partial charge in [0.15, 0.2) is 10.8 Å². The maximum absolute atomic E-state index is 5.82. The molecule has 0 fully saturated rings. The number of H-pyrrole nitrogens is 1. The van der Waals surface area contributed by atoms with Crippen molar-refractivity contribution in [1.29, 1.82) is 0 Å². The number of hydrogen-bond acceptors (Lipinski definition) is 4. The lowest BCUT2D eigenvalue weighted by Crippen LogP contribution is -2.03. The Kier molecular flexibility index (Phi) is 2.12. The summed E-state index contributed by atoms with van der Waals surface area (Å²) in [4.78, 5) is 15.0. The Labute approximate surface area is 79.4 Å².